The predicted octanol–water partition coefficient (Wildman–Crippen LogP) is 1.91. The summed E-state index contributed by atoms with van der Waals surface area (Å²) in [5.41, 5.74) is 3.28. The van der Waals surface area contributed by atoms with Gasteiger partial charge in [0.25, 0.3) is 12.3 Å². The first kappa shape index (κ1) is 10.8. The van der Waals surface area contributed by atoms with Gasteiger partial charge in [0, 0.05) is 11.6 Å². The highest BCUT2D eigenvalue weighted by molar-refractivity contribution is 6.32. The molecule has 76 valence electrons. The molecule has 3 nitrogen and oxygen atoms in total. The van der Waals surface area contributed by atoms with Gasteiger partial charge in [-0.1, -0.05) is 11.6 Å². The largest absolute Gasteiger partial charge is 0.365 e. The van der Waals surface area contributed by atoms with Crippen molar-refractivity contribution in [3.8, 4) is 0 Å². The van der Waals surface area contributed by atoms with Crippen LogP contribution in [0, 0.1) is 5.95 Å². The lowest BCUT2D eigenvalue weighted by Gasteiger charge is -2.06. The van der Waals surface area contributed by atoms with Gasteiger partial charge in [-0.2, -0.15) is 4.39 Å². The fourth-order valence-electron chi connectivity index (χ4n) is 0.918. The first-order valence-electron chi connectivity index (χ1n) is 3.37. The zero-order valence-corrected chi connectivity index (χ0v) is 7.36. The van der Waals surface area contributed by atoms with Crippen molar-refractivity contribution < 1.29 is 18.0 Å². The number of amides is 1. The van der Waals surface area contributed by atoms with Crippen molar-refractivity contribution in [3.05, 3.63) is 28.3 Å². The number of hydrogen-bond donors (Lipinski definition) is 1. The average molecular weight is 225 g/mol. The summed E-state index contributed by atoms with van der Waals surface area (Å²) in [6, 6.07) is 0.427. The van der Waals surface area contributed by atoms with Gasteiger partial charge >= 0.3 is 0 Å². The molecule has 14 heavy (non-hydrogen) atoms. The molecule has 0 aliphatic heterocycles. The first-order valence-corrected chi connectivity index (χ1v) is 3.75. The lowest BCUT2D eigenvalue weighted by Crippen LogP contribution is -2.16. The van der Waals surface area contributed by atoms with E-state index >= 15 is 0 Å². The Balaban J connectivity index is 3.44. The van der Waals surface area contributed by atoms with Gasteiger partial charge in [0.15, 0.2) is 0 Å². The molecule has 0 aliphatic rings. The summed E-state index contributed by atoms with van der Waals surface area (Å²) in [5.74, 6) is -2.35. The van der Waals surface area contributed by atoms with Gasteiger partial charge in [0.05, 0.1) is 5.56 Å². The van der Waals surface area contributed by atoms with E-state index in [0.29, 0.717) is 6.07 Å². The third-order valence-corrected chi connectivity index (χ3v) is 1.73. The number of carbonyl (C=O) groups excluding carboxylic acids is 1. The second kappa shape index (κ2) is 3.83. The number of nitrogens with two attached hydrogens (primary N) is 1. The molecule has 0 saturated heterocycles. The van der Waals surface area contributed by atoms with Crippen LogP contribution in [0.5, 0.6) is 0 Å². The first-order chi connectivity index (χ1) is 6.43. The number of alkyl halides is 2. The van der Waals surface area contributed by atoms with Crippen molar-refractivity contribution in [2.75, 3.05) is 0 Å². The quantitative estimate of drug-likeness (QED) is 0.780. The maximum atomic E-state index is 12.6. The second-order valence-electron chi connectivity index (χ2n) is 2.36. The summed E-state index contributed by atoms with van der Waals surface area (Å²) in [6.45, 7) is 0. The molecule has 2 N–H and O–H groups in total. The Kier molecular flexibility index (Phi) is 2.95. The minimum Gasteiger partial charge on any atom is -0.365 e. The normalized spacial score (nSPS) is 10.6. The van der Waals surface area contributed by atoms with E-state index in [1.165, 1.54) is 0 Å². The minimum absolute atomic E-state index is 0.427. The molecule has 1 rings (SSSR count). The van der Waals surface area contributed by atoms with E-state index in [1.54, 1.807) is 0 Å². The zero-order chi connectivity index (χ0) is 10.9. The van der Waals surface area contributed by atoms with Gasteiger partial charge in [-0.15, -0.1) is 0 Å². The van der Waals surface area contributed by atoms with Crippen molar-refractivity contribution in [2.24, 2.45) is 5.73 Å². The van der Waals surface area contributed by atoms with Gasteiger partial charge in [-0.25, -0.2) is 13.8 Å². The lowest BCUT2D eigenvalue weighted by molar-refractivity contribution is 0.0985. The number of rotatable bonds is 2. The maximum absolute atomic E-state index is 12.6. The molecule has 1 aromatic rings. The van der Waals surface area contributed by atoms with E-state index in [2.05, 4.69) is 4.98 Å². The Bertz CT molecular complexity index is 383. The lowest BCUT2D eigenvalue weighted by atomic mass is 10.1. The highest BCUT2D eigenvalue weighted by Crippen LogP contribution is 2.27. The molecule has 0 fully saturated rings. The topological polar surface area (TPSA) is 56.0 Å². The average Bonchev–Trinajstić information content (AvgIpc) is 2.01. The molecule has 7 heteroatoms. The smallest absolute Gasteiger partial charge is 0.264 e. The molecule has 0 atom stereocenters. The number of nitrogens with zero attached hydrogens (tertiary/aromatic N) is 1. The van der Waals surface area contributed by atoms with Gasteiger partial charge < -0.3 is 5.73 Å². The van der Waals surface area contributed by atoms with E-state index in [9.17, 15) is 18.0 Å². The standard InChI is InChI=1S/C7H4ClF3N2O/c8-5-4(7(12)14)2(6(10)11)1-3(9)13-5/h1,6H,(H2,12,14). The number of pyridine rings is 1. The molecule has 1 aromatic heterocycles. The van der Waals surface area contributed by atoms with Crippen LogP contribution in [0.4, 0.5) is 13.2 Å². The van der Waals surface area contributed by atoms with Crippen LogP contribution in [0.15, 0.2) is 6.07 Å². The molecule has 0 unspecified atom stereocenters. The number of halogens is 4. The number of aromatic nitrogens is 1. The fourth-order valence-corrected chi connectivity index (χ4v) is 1.20. The molecule has 0 bridgehead atoms. The Hall–Kier alpha value is -1.30. The summed E-state index contributed by atoms with van der Waals surface area (Å²) in [7, 11) is 0. The summed E-state index contributed by atoms with van der Waals surface area (Å²) in [4.78, 5) is 13.7. The third-order valence-electron chi connectivity index (χ3n) is 1.46. The van der Waals surface area contributed by atoms with Crippen LogP contribution >= 0.6 is 11.6 Å². The molecular weight excluding hydrogens is 221 g/mol. The van der Waals surface area contributed by atoms with E-state index in [-0.39, 0.29) is 0 Å². The van der Waals surface area contributed by atoms with Crippen LogP contribution in [0.25, 0.3) is 0 Å². The predicted molar refractivity (Wildman–Crippen MR) is 42.7 cm³/mol. The van der Waals surface area contributed by atoms with Crippen molar-refractivity contribution in [2.45, 2.75) is 6.43 Å². The fraction of sp³-hybridized carbons (Fsp3) is 0.143. The maximum Gasteiger partial charge on any atom is 0.264 e. The van der Waals surface area contributed by atoms with Crippen molar-refractivity contribution >= 4 is 17.5 Å². The van der Waals surface area contributed by atoms with Crippen LogP contribution in [0.1, 0.15) is 22.3 Å². The number of hydrogen-bond acceptors (Lipinski definition) is 2. The molecule has 0 aromatic carbocycles. The highest BCUT2D eigenvalue weighted by Gasteiger charge is 2.22. The summed E-state index contributed by atoms with van der Waals surface area (Å²) < 4.78 is 37.1. The van der Waals surface area contributed by atoms with E-state index < -0.39 is 34.6 Å². The number of carbonyl (C=O) groups is 1. The van der Waals surface area contributed by atoms with Crippen molar-refractivity contribution in [1.29, 1.82) is 0 Å². The van der Waals surface area contributed by atoms with Crippen LogP contribution < -0.4 is 5.73 Å². The van der Waals surface area contributed by atoms with Crippen molar-refractivity contribution in [3.63, 3.8) is 0 Å². The monoisotopic (exact) mass is 224 g/mol. The van der Waals surface area contributed by atoms with Gasteiger partial charge in [-0.3, -0.25) is 4.79 Å². The molecular formula is C7H4ClF3N2O. The Morgan fingerprint density at radius 2 is 2.14 bits per heavy atom. The third kappa shape index (κ3) is 1.95. The minimum atomic E-state index is -3.03. The Labute approximate surface area is 81.7 Å². The molecule has 1 amide bonds. The SMILES string of the molecule is NC(=O)c1c(C(F)F)cc(F)nc1Cl. The summed E-state index contributed by atoms with van der Waals surface area (Å²) in [6.07, 6.45) is -3.03. The molecule has 1 heterocycles. The highest BCUT2D eigenvalue weighted by atomic mass is 35.5. The Morgan fingerprint density at radius 1 is 1.57 bits per heavy atom. The zero-order valence-electron chi connectivity index (χ0n) is 6.60. The van der Waals surface area contributed by atoms with Gasteiger partial charge in [0.2, 0.25) is 5.95 Å². The molecule has 0 aliphatic carbocycles. The van der Waals surface area contributed by atoms with Crippen molar-refractivity contribution in [1.82, 2.24) is 4.98 Å². The number of primary amides is 1. The Morgan fingerprint density at radius 3 is 2.57 bits per heavy atom. The molecule has 0 radical (unpaired) electrons. The van der Waals surface area contributed by atoms with Gasteiger partial charge in [-0.05, 0) is 0 Å². The second-order valence-corrected chi connectivity index (χ2v) is 2.72. The van der Waals surface area contributed by atoms with Crippen LogP contribution in [0.3, 0.4) is 0 Å². The van der Waals surface area contributed by atoms with Gasteiger partial charge in [0.1, 0.15) is 5.15 Å². The van der Waals surface area contributed by atoms with Crippen LogP contribution in [0.2, 0.25) is 5.15 Å². The van der Waals surface area contributed by atoms with Crippen LogP contribution in [-0.2, 0) is 0 Å². The van der Waals surface area contributed by atoms with Crippen LogP contribution in [-0.4, -0.2) is 10.9 Å². The summed E-state index contributed by atoms with van der Waals surface area (Å²) >= 11 is 5.29. The van der Waals surface area contributed by atoms with E-state index in [0.717, 1.165) is 0 Å². The summed E-state index contributed by atoms with van der Waals surface area (Å²) in [5, 5.41) is -0.659. The van der Waals surface area contributed by atoms with E-state index in [4.69, 9.17) is 17.3 Å². The van der Waals surface area contributed by atoms with E-state index in [1.807, 2.05) is 0 Å². The molecule has 0 saturated carbocycles. The molecule has 0 spiro atoms.